The van der Waals surface area contributed by atoms with Gasteiger partial charge in [-0.25, -0.2) is 17.5 Å². The summed E-state index contributed by atoms with van der Waals surface area (Å²) in [6.45, 7) is 0.842. The highest BCUT2D eigenvalue weighted by molar-refractivity contribution is 7.89. The minimum absolute atomic E-state index is 0.191. The second-order valence-electron chi connectivity index (χ2n) is 6.25. The van der Waals surface area contributed by atoms with Crippen LogP contribution < -0.4 is 9.62 Å². The summed E-state index contributed by atoms with van der Waals surface area (Å²) < 4.78 is 83.9. The number of anilines is 1. The Morgan fingerprint density at radius 2 is 1.82 bits per heavy atom. The molecule has 0 saturated carbocycles. The minimum Gasteiger partial charge on any atom is -0.370 e. The van der Waals surface area contributed by atoms with E-state index in [2.05, 4.69) is 4.72 Å². The van der Waals surface area contributed by atoms with Gasteiger partial charge in [0.05, 0.1) is 22.8 Å². The lowest BCUT2D eigenvalue weighted by atomic mass is 10.0. The van der Waals surface area contributed by atoms with Crippen LogP contribution in [0, 0.1) is 5.82 Å². The van der Waals surface area contributed by atoms with E-state index in [1.165, 1.54) is 31.3 Å². The Balaban J connectivity index is 1.80. The molecule has 1 heterocycles. The van der Waals surface area contributed by atoms with Crippen LogP contribution in [0.3, 0.4) is 0 Å². The van der Waals surface area contributed by atoms with E-state index in [0.29, 0.717) is 12.1 Å². The van der Waals surface area contributed by atoms with Gasteiger partial charge in [0.1, 0.15) is 11.9 Å². The lowest BCUT2D eigenvalue weighted by molar-refractivity contribution is -0.137. The number of hydrogen-bond acceptors (Lipinski definition) is 4. The number of ether oxygens (including phenoxy) is 1. The predicted molar refractivity (Wildman–Crippen MR) is 95.0 cm³/mol. The molecule has 3 rings (SSSR count). The number of halogens is 4. The smallest absolute Gasteiger partial charge is 0.370 e. The molecular formula is C18H18F4N2O3S. The third kappa shape index (κ3) is 4.29. The first-order valence-corrected chi connectivity index (χ1v) is 9.87. The fourth-order valence-electron chi connectivity index (χ4n) is 2.99. The molecule has 2 aromatic rings. The fraction of sp³-hybridized carbons (Fsp3) is 0.333. The molecule has 1 aliphatic rings. The van der Waals surface area contributed by atoms with Gasteiger partial charge in [0, 0.05) is 13.1 Å². The fourth-order valence-corrected chi connectivity index (χ4v) is 3.73. The van der Waals surface area contributed by atoms with E-state index in [-0.39, 0.29) is 23.7 Å². The average molecular weight is 418 g/mol. The summed E-state index contributed by atoms with van der Waals surface area (Å²) in [7, 11) is -2.53. The highest BCUT2D eigenvalue weighted by atomic mass is 32.2. The van der Waals surface area contributed by atoms with Crippen LogP contribution in [0.4, 0.5) is 23.2 Å². The first-order valence-electron chi connectivity index (χ1n) is 8.38. The van der Waals surface area contributed by atoms with E-state index in [4.69, 9.17) is 4.74 Å². The van der Waals surface area contributed by atoms with Gasteiger partial charge in [-0.05, 0) is 42.9 Å². The van der Waals surface area contributed by atoms with Crippen LogP contribution in [0.15, 0.2) is 47.4 Å². The van der Waals surface area contributed by atoms with Crippen molar-refractivity contribution in [2.45, 2.75) is 17.2 Å². The van der Waals surface area contributed by atoms with Crippen LogP contribution in [0.1, 0.15) is 17.2 Å². The maximum Gasteiger partial charge on any atom is 0.416 e. The normalized spacial score (nSPS) is 18.3. The van der Waals surface area contributed by atoms with Crippen LogP contribution in [-0.4, -0.2) is 35.2 Å². The first kappa shape index (κ1) is 20.6. The number of sulfonamides is 1. The molecule has 1 aliphatic heterocycles. The molecule has 10 heteroatoms. The Bertz CT molecular complexity index is 946. The minimum atomic E-state index is -4.42. The third-order valence-electron chi connectivity index (χ3n) is 4.52. The summed E-state index contributed by atoms with van der Waals surface area (Å²) in [5, 5.41) is 0. The van der Waals surface area contributed by atoms with Crippen molar-refractivity contribution in [3.8, 4) is 0 Å². The molecule has 0 spiro atoms. The molecule has 0 aliphatic carbocycles. The summed E-state index contributed by atoms with van der Waals surface area (Å²) in [6.07, 6.45) is -4.95. The Morgan fingerprint density at radius 1 is 1.14 bits per heavy atom. The van der Waals surface area contributed by atoms with Crippen molar-refractivity contribution in [3.63, 3.8) is 0 Å². The molecule has 1 N–H and O–H groups in total. The van der Waals surface area contributed by atoms with Gasteiger partial charge in [0.15, 0.2) is 0 Å². The standard InChI is InChI=1S/C18H18F4N2O3S/c1-23-28(25,26)14-6-7-16(15(19)10-14)24-8-9-27-17(11-24)12-2-4-13(5-3-12)18(20,21)22/h2-7,10,17,23H,8-9,11H2,1H3. The van der Waals surface area contributed by atoms with Crippen molar-refractivity contribution in [2.75, 3.05) is 31.6 Å². The Hall–Kier alpha value is -2.17. The van der Waals surface area contributed by atoms with Gasteiger partial charge in [-0.1, -0.05) is 12.1 Å². The van der Waals surface area contributed by atoms with Gasteiger partial charge >= 0.3 is 6.18 Å². The average Bonchev–Trinajstić information content (AvgIpc) is 2.67. The molecule has 1 saturated heterocycles. The second kappa shape index (κ2) is 7.69. The number of morpholine rings is 1. The molecule has 2 aromatic carbocycles. The van der Waals surface area contributed by atoms with Crippen LogP contribution >= 0.6 is 0 Å². The summed E-state index contributed by atoms with van der Waals surface area (Å²) in [4.78, 5) is 1.49. The molecule has 1 atom stereocenters. The quantitative estimate of drug-likeness (QED) is 0.774. The monoisotopic (exact) mass is 418 g/mol. The Labute approximate surface area is 160 Å². The number of hydrogen-bond donors (Lipinski definition) is 1. The predicted octanol–water partition coefficient (Wildman–Crippen LogP) is 3.33. The van der Waals surface area contributed by atoms with Crippen molar-refractivity contribution in [2.24, 2.45) is 0 Å². The second-order valence-corrected chi connectivity index (χ2v) is 8.13. The lowest BCUT2D eigenvalue weighted by Gasteiger charge is -2.35. The molecule has 1 fully saturated rings. The van der Waals surface area contributed by atoms with E-state index in [1.807, 2.05) is 0 Å². The van der Waals surface area contributed by atoms with Crippen molar-refractivity contribution in [3.05, 3.63) is 59.4 Å². The summed E-state index contributed by atoms with van der Waals surface area (Å²) in [6, 6.07) is 8.25. The van der Waals surface area contributed by atoms with E-state index >= 15 is 0 Å². The van der Waals surface area contributed by atoms with Crippen LogP contribution in [0.5, 0.6) is 0 Å². The highest BCUT2D eigenvalue weighted by Gasteiger charge is 2.31. The maximum absolute atomic E-state index is 14.5. The van der Waals surface area contributed by atoms with Gasteiger partial charge in [0.2, 0.25) is 10.0 Å². The molecule has 0 bridgehead atoms. The highest BCUT2D eigenvalue weighted by Crippen LogP contribution is 2.32. The Morgan fingerprint density at radius 3 is 2.39 bits per heavy atom. The van der Waals surface area contributed by atoms with Crippen LogP contribution in [0.2, 0.25) is 0 Å². The summed E-state index contributed by atoms with van der Waals surface area (Å²) >= 11 is 0. The van der Waals surface area contributed by atoms with E-state index < -0.39 is 33.7 Å². The molecule has 0 radical (unpaired) electrons. The van der Waals surface area contributed by atoms with Gasteiger partial charge < -0.3 is 9.64 Å². The number of nitrogens with zero attached hydrogens (tertiary/aromatic N) is 1. The number of nitrogens with one attached hydrogen (secondary N) is 1. The maximum atomic E-state index is 14.5. The number of alkyl halides is 3. The molecule has 0 amide bonds. The van der Waals surface area contributed by atoms with Gasteiger partial charge in [-0.15, -0.1) is 0 Å². The molecule has 5 nitrogen and oxygen atoms in total. The van der Waals surface area contributed by atoms with Crippen molar-refractivity contribution < 1.29 is 30.7 Å². The van der Waals surface area contributed by atoms with Gasteiger partial charge in [-0.2, -0.15) is 13.2 Å². The largest absolute Gasteiger partial charge is 0.416 e. The van der Waals surface area contributed by atoms with E-state index in [0.717, 1.165) is 18.2 Å². The molecule has 0 aromatic heterocycles. The first-order chi connectivity index (χ1) is 13.1. The zero-order chi connectivity index (χ0) is 20.5. The number of benzene rings is 2. The van der Waals surface area contributed by atoms with Crippen molar-refractivity contribution in [1.82, 2.24) is 4.72 Å². The van der Waals surface area contributed by atoms with Crippen molar-refractivity contribution in [1.29, 1.82) is 0 Å². The lowest BCUT2D eigenvalue weighted by Crippen LogP contribution is -2.39. The van der Waals surface area contributed by atoms with Crippen LogP contribution in [-0.2, 0) is 20.9 Å². The molecule has 28 heavy (non-hydrogen) atoms. The van der Waals surface area contributed by atoms with E-state index in [1.54, 1.807) is 4.90 Å². The third-order valence-corrected chi connectivity index (χ3v) is 5.93. The zero-order valence-corrected chi connectivity index (χ0v) is 15.6. The molecule has 152 valence electrons. The molecular weight excluding hydrogens is 400 g/mol. The van der Waals surface area contributed by atoms with Crippen molar-refractivity contribution >= 4 is 15.7 Å². The van der Waals surface area contributed by atoms with Gasteiger partial charge in [0.25, 0.3) is 0 Å². The van der Waals surface area contributed by atoms with Gasteiger partial charge in [-0.3, -0.25) is 0 Å². The molecule has 1 unspecified atom stereocenters. The SMILES string of the molecule is CNS(=O)(=O)c1ccc(N2CCOC(c3ccc(C(F)(F)F)cc3)C2)c(F)c1. The topological polar surface area (TPSA) is 58.6 Å². The Kier molecular flexibility index (Phi) is 5.64. The summed E-state index contributed by atoms with van der Waals surface area (Å²) in [5.74, 6) is -0.704. The summed E-state index contributed by atoms with van der Waals surface area (Å²) in [5.41, 5.74) is -0.000884. The van der Waals surface area contributed by atoms with E-state index in [9.17, 15) is 26.0 Å². The zero-order valence-electron chi connectivity index (χ0n) is 14.8. The van der Waals surface area contributed by atoms with Crippen LogP contribution in [0.25, 0.3) is 0 Å². The number of rotatable bonds is 4.